The van der Waals surface area contributed by atoms with Crippen molar-refractivity contribution in [2.45, 2.75) is 136 Å². The zero-order valence-corrected chi connectivity index (χ0v) is 29.7. The lowest BCUT2D eigenvalue weighted by atomic mass is 9.94. The molecule has 2 heteroatoms. The number of benzene rings is 4. The molecule has 0 saturated carbocycles. The van der Waals surface area contributed by atoms with Crippen LogP contribution in [-0.4, -0.2) is 0 Å². The molecule has 0 atom stereocenters. The Kier molecular flexibility index (Phi) is 16.0. The van der Waals surface area contributed by atoms with Crippen LogP contribution in [0.3, 0.4) is 0 Å². The van der Waals surface area contributed by atoms with Crippen molar-refractivity contribution < 1.29 is 0 Å². The summed E-state index contributed by atoms with van der Waals surface area (Å²) in [5, 5.41) is 0. The van der Waals surface area contributed by atoms with Crippen LogP contribution in [-0.2, 0) is 38.5 Å². The summed E-state index contributed by atoms with van der Waals surface area (Å²) >= 11 is 0. The molecule has 4 aromatic rings. The highest BCUT2D eigenvalue weighted by Gasteiger charge is 2.06. The van der Waals surface area contributed by atoms with Crippen LogP contribution < -0.4 is 11.5 Å². The van der Waals surface area contributed by atoms with Gasteiger partial charge in [-0.05, 0) is 120 Å². The highest BCUT2D eigenvalue weighted by atomic mass is 14.5. The number of nitrogens with two attached hydrogens (primary N) is 2. The van der Waals surface area contributed by atoms with Gasteiger partial charge in [-0.2, -0.15) is 0 Å². The number of hydrogen-bond donors (Lipinski definition) is 2. The third kappa shape index (κ3) is 13.3. The summed E-state index contributed by atoms with van der Waals surface area (Å²) < 4.78 is 0. The minimum Gasteiger partial charge on any atom is -0.399 e. The normalized spacial score (nSPS) is 11.3. The Morgan fingerprint density at radius 3 is 0.957 bits per heavy atom. The SMILES string of the molecule is CCc1cc(CCCCCCCCCCCCCCCc2ccc(Cc3ccc(N)cc3)c(CC)c2)ccc1Cc1ccc(N)cc1. The molecule has 0 bridgehead atoms. The van der Waals surface area contributed by atoms with Gasteiger partial charge in [0.15, 0.2) is 0 Å². The first-order chi connectivity index (χ1) is 23.0. The lowest BCUT2D eigenvalue weighted by molar-refractivity contribution is 0.536. The van der Waals surface area contributed by atoms with Crippen molar-refractivity contribution in [3.8, 4) is 0 Å². The molecule has 0 saturated heterocycles. The molecule has 2 nitrogen and oxygen atoms in total. The highest BCUT2D eigenvalue weighted by Crippen LogP contribution is 2.22. The maximum atomic E-state index is 5.86. The van der Waals surface area contributed by atoms with Crippen LogP contribution >= 0.6 is 0 Å². The molecule has 47 heavy (non-hydrogen) atoms. The van der Waals surface area contributed by atoms with Gasteiger partial charge in [-0.15, -0.1) is 0 Å². The number of nitrogen functional groups attached to an aromatic ring is 2. The van der Waals surface area contributed by atoms with Crippen LogP contribution in [0, 0.1) is 0 Å². The summed E-state index contributed by atoms with van der Waals surface area (Å²) in [5.74, 6) is 0. The fraction of sp³-hybridized carbons (Fsp3) is 0.467. The van der Waals surface area contributed by atoms with Crippen LogP contribution in [0.25, 0.3) is 0 Å². The second kappa shape index (κ2) is 20.7. The first kappa shape index (κ1) is 36.3. The molecule has 0 spiro atoms. The van der Waals surface area contributed by atoms with E-state index in [1.807, 2.05) is 24.3 Å². The molecular weight excluding hydrogens is 569 g/mol. The maximum Gasteiger partial charge on any atom is 0.0314 e. The smallest absolute Gasteiger partial charge is 0.0314 e. The Morgan fingerprint density at radius 2 is 0.638 bits per heavy atom. The summed E-state index contributed by atoms with van der Waals surface area (Å²) in [7, 11) is 0. The number of hydrogen-bond acceptors (Lipinski definition) is 2. The molecule has 0 aliphatic carbocycles. The van der Waals surface area contributed by atoms with Gasteiger partial charge in [0.25, 0.3) is 0 Å². The van der Waals surface area contributed by atoms with Gasteiger partial charge in [0, 0.05) is 11.4 Å². The minimum absolute atomic E-state index is 0.836. The standard InChI is InChI=1S/C45H62N2/c1-3-40-32-36(20-26-42(40)34-38-22-28-44(46)29-23-38)18-16-14-12-10-8-6-5-7-9-11-13-15-17-19-37-21-27-43(41(4-2)33-37)35-39-24-30-45(47)31-25-39/h20-33H,3-19,34-35,46-47H2,1-2H3. The summed E-state index contributed by atoms with van der Waals surface area (Å²) in [6.45, 7) is 4.56. The minimum atomic E-state index is 0.836. The van der Waals surface area contributed by atoms with E-state index in [0.29, 0.717) is 0 Å². The van der Waals surface area contributed by atoms with Crippen LogP contribution in [0.4, 0.5) is 11.4 Å². The van der Waals surface area contributed by atoms with E-state index >= 15 is 0 Å². The van der Waals surface area contributed by atoms with Crippen molar-refractivity contribution in [1.29, 1.82) is 0 Å². The van der Waals surface area contributed by atoms with Gasteiger partial charge in [-0.25, -0.2) is 0 Å². The number of anilines is 2. The van der Waals surface area contributed by atoms with Crippen molar-refractivity contribution >= 4 is 11.4 Å². The molecule has 0 unspecified atom stereocenters. The average Bonchev–Trinajstić information content (AvgIpc) is 3.09. The summed E-state index contributed by atoms with van der Waals surface area (Å²) in [6, 6.07) is 31.0. The number of aryl methyl sites for hydroxylation is 4. The largest absolute Gasteiger partial charge is 0.399 e. The predicted octanol–water partition coefficient (Wildman–Crippen LogP) is 12.0. The lowest BCUT2D eigenvalue weighted by Gasteiger charge is -2.11. The van der Waals surface area contributed by atoms with Gasteiger partial charge in [0.2, 0.25) is 0 Å². The van der Waals surface area contributed by atoms with Crippen LogP contribution in [0.1, 0.15) is 142 Å². The van der Waals surface area contributed by atoms with Gasteiger partial charge in [0.05, 0.1) is 0 Å². The Morgan fingerprint density at radius 1 is 0.340 bits per heavy atom. The van der Waals surface area contributed by atoms with Gasteiger partial charge >= 0.3 is 0 Å². The third-order valence-electron chi connectivity index (χ3n) is 9.98. The lowest BCUT2D eigenvalue weighted by Crippen LogP contribution is -1.97. The summed E-state index contributed by atoms with van der Waals surface area (Å²) in [6.07, 6.45) is 24.7. The predicted molar refractivity (Wildman–Crippen MR) is 206 cm³/mol. The first-order valence-corrected chi connectivity index (χ1v) is 18.9. The maximum absolute atomic E-state index is 5.86. The van der Waals surface area contributed by atoms with Crippen molar-refractivity contribution in [2.24, 2.45) is 0 Å². The van der Waals surface area contributed by atoms with E-state index < -0.39 is 0 Å². The van der Waals surface area contributed by atoms with E-state index in [-0.39, 0.29) is 0 Å². The first-order valence-electron chi connectivity index (χ1n) is 18.9. The Hall–Kier alpha value is -3.52. The Labute approximate surface area is 287 Å². The second-order valence-electron chi connectivity index (χ2n) is 13.8. The molecule has 4 aromatic carbocycles. The van der Waals surface area contributed by atoms with Crippen molar-refractivity contribution in [1.82, 2.24) is 0 Å². The molecule has 0 heterocycles. The number of rotatable bonds is 22. The summed E-state index contributed by atoms with van der Waals surface area (Å²) in [5.41, 5.74) is 25.0. The van der Waals surface area contributed by atoms with Crippen LogP contribution in [0.5, 0.6) is 0 Å². The molecule has 0 fully saturated rings. The average molecular weight is 631 g/mol. The van der Waals surface area contributed by atoms with Crippen molar-refractivity contribution in [2.75, 3.05) is 11.5 Å². The molecule has 252 valence electrons. The van der Waals surface area contributed by atoms with E-state index in [2.05, 4.69) is 74.5 Å². The molecular formula is C45H62N2. The monoisotopic (exact) mass is 630 g/mol. The fourth-order valence-corrected chi connectivity index (χ4v) is 6.99. The third-order valence-corrected chi connectivity index (χ3v) is 9.98. The van der Waals surface area contributed by atoms with Crippen molar-refractivity contribution in [3.05, 3.63) is 129 Å². The van der Waals surface area contributed by atoms with Gasteiger partial charge in [-0.1, -0.05) is 145 Å². The molecule has 4 N–H and O–H groups in total. The molecule has 0 aliphatic heterocycles. The van der Waals surface area contributed by atoms with E-state index in [4.69, 9.17) is 11.5 Å². The molecule has 4 rings (SSSR count). The quantitative estimate of drug-likeness (QED) is 0.0670. The zero-order valence-electron chi connectivity index (χ0n) is 29.7. The van der Waals surface area contributed by atoms with Crippen LogP contribution in [0.2, 0.25) is 0 Å². The molecule has 0 aromatic heterocycles. The molecule has 0 radical (unpaired) electrons. The van der Waals surface area contributed by atoms with E-state index in [1.54, 1.807) is 0 Å². The Bertz CT molecular complexity index is 1320. The van der Waals surface area contributed by atoms with E-state index in [9.17, 15) is 0 Å². The Balaban J connectivity index is 0.972. The fourth-order valence-electron chi connectivity index (χ4n) is 6.99. The van der Waals surface area contributed by atoms with Crippen LogP contribution in [0.15, 0.2) is 84.9 Å². The zero-order chi connectivity index (χ0) is 33.1. The second-order valence-corrected chi connectivity index (χ2v) is 13.8. The summed E-state index contributed by atoms with van der Waals surface area (Å²) in [4.78, 5) is 0. The van der Waals surface area contributed by atoms with E-state index in [1.165, 1.54) is 141 Å². The molecule has 0 amide bonds. The highest BCUT2D eigenvalue weighted by molar-refractivity contribution is 5.43. The van der Waals surface area contributed by atoms with Gasteiger partial charge in [-0.3, -0.25) is 0 Å². The van der Waals surface area contributed by atoms with Crippen molar-refractivity contribution in [3.63, 3.8) is 0 Å². The number of unbranched alkanes of at least 4 members (excludes halogenated alkanes) is 12. The topological polar surface area (TPSA) is 52.0 Å². The molecule has 0 aliphatic rings. The van der Waals surface area contributed by atoms with Gasteiger partial charge < -0.3 is 11.5 Å². The van der Waals surface area contributed by atoms with Gasteiger partial charge in [0.1, 0.15) is 0 Å². The van der Waals surface area contributed by atoms with E-state index in [0.717, 1.165) is 37.1 Å².